The summed E-state index contributed by atoms with van der Waals surface area (Å²) in [6.07, 6.45) is 0.307. The minimum Gasteiger partial charge on any atom is -0.310 e. The maximum atomic E-state index is 14.1. The van der Waals surface area contributed by atoms with E-state index in [0.717, 1.165) is 6.07 Å². The van der Waals surface area contributed by atoms with Crippen LogP contribution in [0.25, 0.3) is 0 Å². The molecule has 1 unspecified atom stereocenters. The molecular weight excluding hydrogens is 343 g/mol. The molecule has 0 spiro atoms. The highest BCUT2D eigenvalue weighted by Gasteiger charge is 2.16. The molecule has 0 bridgehead atoms. The fraction of sp³-hybridized carbons (Fsp3) is 0.250. The van der Waals surface area contributed by atoms with Crippen LogP contribution in [0.5, 0.6) is 0 Å². The lowest BCUT2D eigenvalue weighted by Gasteiger charge is -2.19. The highest BCUT2D eigenvalue weighted by molar-refractivity contribution is 9.10. The van der Waals surface area contributed by atoms with Gasteiger partial charge in [-0.05, 0) is 42.8 Å². The Morgan fingerprint density at radius 1 is 1.05 bits per heavy atom. The van der Waals surface area contributed by atoms with Crippen molar-refractivity contribution in [3.63, 3.8) is 0 Å². The Morgan fingerprint density at radius 2 is 1.71 bits per heavy atom. The van der Waals surface area contributed by atoms with Crippen LogP contribution >= 0.6 is 15.9 Å². The van der Waals surface area contributed by atoms with E-state index in [-0.39, 0.29) is 11.9 Å². The summed E-state index contributed by atoms with van der Waals surface area (Å²) in [4.78, 5) is 0. The lowest BCUT2D eigenvalue weighted by Crippen LogP contribution is -2.24. The Balaban J connectivity index is 2.30. The minimum atomic E-state index is -0.628. The van der Waals surface area contributed by atoms with Crippen LogP contribution in [0.15, 0.2) is 40.9 Å². The fourth-order valence-electron chi connectivity index (χ4n) is 2.29. The van der Waals surface area contributed by atoms with Gasteiger partial charge >= 0.3 is 0 Å². The maximum Gasteiger partial charge on any atom is 0.129 e. The van der Waals surface area contributed by atoms with Crippen molar-refractivity contribution in [1.82, 2.24) is 5.32 Å². The van der Waals surface area contributed by atoms with Gasteiger partial charge in [0, 0.05) is 22.1 Å². The fourth-order valence-corrected chi connectivity index (χ4v) is 2.62. The summed E-state index contributed by atoms with van der Waals surface area (Å²) >= 11 is 3.21. The summed E-state index contributed by atoms with van der Waals surface area (Å²) in [5, 5.41) is 3.15. The smallest absolute Gasteiger partial charge is 0.129 e. The van der Waals surface area contributed by atoms with Gasteiger partial charge in [-0.15, -0.1) is 0 Å². The molecule has 112 valence electrons. The predicted molar refractivity (Wildman–Crippen MR) is 80.6 cm³/mol. The van der Waals surface area contributed by atoms with Gasteiger partial charge in [0.15, 0.2) is 0 Å². The predicted octanol–water partition coefficient (Wildman–Crippen LogP) is 4.76. The zero-order valence-electron chi connectivity index (χ0n) is 11.5. The van der Waals surface area contributed by atoms with Crippen molar-refractivity contribution in [3.05, 3.63) is 69.4 Å². The number of nitrogens with one attached hydrogen (secondary N) is 1. The van der Waals surface area contributed by atoms with E-state index in [0.29, 0.717) is 28.6 Å². The highest BCUT2D eigenvalue weighted by atomic mass is 79.9. The first kappa shape index (κ1) is 16.0. The normalized spacial score (nSPS) is 12.4. The van der Waals surface area contributed by atoms with Gasteiger partial charge in [-0.3, -0.25) is 0 Å². The number of benzene rings is 2. The Hall–Kier alpha value is -1.33. The summed E-state index contributed by atoms with van der Waals surface area (Å²) in [5.74, 6) is -1.61. The van der Waals surface area contributed by atoms with Crippen LogP contribution in [0.2, 0.25) is 0 Å². The molecule has 2 rings (SSSR count). The Kier molecular flexibility index (Phi) is 5.42. The molecule has 1 N–H and O–H groups in total. The third kappa shape index (κ3) is 4.32. The summed E-state index contributed by atoms with van der Waals surface area (Å²) < 4.78 is 41.2. The number of hydrogen-bond donors (Lipinski definition) is 1. The van der Waals surface area contributed by atoms with Crippen LogP contribution in [0.4, 0.5) is 13.2 Å². The lowest BCUT2D eigenvalue weighted by molar-refractivity contribution is 0.506. The molecule has 0 aliphatic heterocycles. The average molecular weight is 358 g/mol. The van der Waals surface area contributed by atoms with E-state index >= 15 is 0 Å². The first-order valence-electron chi connectivity index (χ1n) is 6.63. The average Bonchev–Trinajstić information content (AvgIpc) is 2.37. The van der Waals surface area contributed by atoms with Crippen molar-refractivity contribution in [1.29, 1.82) is 0 Å². The molecule has 1 atom stereocenters. The van der Waals surface area contributed by atoms with Crippen molar-refractivity contribution in [2.75, 3.05) is 6.54 Å². The van der Waals surface area contributed by atoms with E-state index < -0.39 is 11.6 Å². The number of halogens is 4. The molecule has 2 aromatic carbocycles. The van der Waals surface area contributed by atoms with Crippen molar-refractivity contribution in [2.24, 2.45) is 0 Å². The van der Waals surface area contributed by atoms with Gasteiger partial charge in [-0.25, -0.2) is 13.2 Å². The quantitative estimate of drug-likeness (QED) is 0.813. The van der Waals surface area contributed by atoms with Gasteiger partial charge in [0.2, 0.25) is 0 Å². The topological polar surface area (TPSA) is 12.0 Å². The standard InChI is InChI=1S/C16H15BrF3N/c1-2-21-16(14-4-3-11(17)8-15(14)20)7-10-5-12(18)9-13(19)6-10/h3-6,8-9,16,21H,2,7H2,1H3. The maximum absolute atomic E-state index is 14.1. The highest BCUT2D eigenvalue weighted by Crippen LogP contribution is 2.24. The van der Waals surface area contributed by atoms with E-state index in [2.05, 4.69) is 21.2 Å². The van der Waals surface area contributed by atoms with Crippen molar-refractivity contribution in [2.45, 2.75) is 19.4 Å². The molecule has 2 aromatic rings. The van der Waals surface area contributed by atoms with Crippen LogP contribution in [0, 0.1) is 17.5 Å². The van der Waals surface area contributed by atoms with Crippen molar-refractivity contribution in [3.8, 4) is 0 Å². The number of hydrogen-bond acceptors (Lipinski definition) is 1. The second-order valence-electron chi connectivity index (χ2n) is 4.76. The monoisotopic (exact) mass is 357 g/mol. The van der Waals surface area contributed by atoms with Crippen LogP contribution in [-0.4, -0.2) is 6.54 Å². The minimum absolute atomic E-state index is 0.307. The molecule has 0 saturated heterocycles. The van der Waals surface area contributed by atoms with Gasteiger partial charge < -0.3 is 5.32 Å². The summed E-state index contributed by atoms with van der Waals surface area (Å²) in [5.41, 5.74) is 0.963. The molecule has 1 nitrogen and oxygen atoms in total. The summed E-state index contributed by atoms with van der Waals surface area (Å²) in [6, 6.07) is 7.81. The molecule has 0 fully saturated rings. The first-order chi connectivity index (χ1) is 9.99. The van der Waals surface area contributed by atoms with E-state index in [1.807, 2.05) is 6.92 Å². The SMILES string of the molecule is CCNC(Cc1cc(F)cc(F)c1)c1ccc(Br)cc1F. The Bertz CT molecular complexity index is 611. The van der Waals surface area contributed by atoms with Crippen LogP contribution in [-0.2, 0) is 6.42 Å². The number of rotatable bonds is 5. The zero-order chi connectivity index (χ0) is 15.4. The molecule has 21 heavy (non-hydrogen) atoms. The molecule has 0 radical (unpaired) electrons. The van der Waals surface area contributed by atoms with E-state index in [1.165, 1.54) is 18.2 Å². The molecule has 0 saturated carbocycles. The molecule has 0 heterocycles. The van der Waals surface area contributed by atoms with Crippen molar-refractivity contribution >= 4 is 15.9 Å². The van der Waals surface area contributed by atoms with E-state index in [4.69, 9.17) is 0 Å². The molecule has 0 aliphatic rings. The van der Waals surface area contributed by atoms with E-state index in [9.17, 15) is 13.2 Å². The summed E-state index contributed by atoms with van der Waals surface area (Å²) in [6.45, 7) is 2.52. The van der Waals surface area contributed by atoms with Gasteiger partial charge in [0.05, 0.1) is 0 Å². The zero-order valence-corrected chi connectivity index (χ0v) is 13.1. The lowest BCUT2D eigenvalue weighted by atomic mass is 9.98. The van der Waals surface area contributed by atoms with Crippen LogP contribution in [0.3, 0.4) is 0 Å². The van der Waals surface area contributed by atoms with Gasteiger partial charge in [0.1, 0.15) is 17.5 Å². The molecule has 0 aromatic heterocycles. The third-order valence-corrected chi connectivity index (χ3v) is 3.64. The molecular formula is C16H15BrF3N. The first-order valence-corrected chi connectivity index (χ1v) is 7.42. The van der Waals surface area contributed by atoms with Crippen LogP contribution < -0.4 is 5.32 Å². The van der Waals surface area contributed by atoms with E-state index in [1.54, 1.807) is 12.1 Å². The Morgan fingerprint density at radius 3 is 2.29 bits per heavy atom. The molecule has 0 aliphatic carbocycles. The second-order valence-corrected chi connectivity index (χ2v) is 5.67. The number of likely N-dealkylation sites (N-methyl/N-ethyl adjacent to an activating group) is 1. The Labute approximate surface area is 130 Å². The van der Waals surface area contributed by atoms with Gasteiger partial charge in [-0.2, -0.15) is 0 Å². The summed E-state index contributed by atoms with van der Waals surface area (Å²) in [7, 11) is 0. The largest absolute Gasteiger partial charge is 0.310 e. The van der Waals surface area contributed by atoms with Crippen LogP contribution in [0.1, 0.15) is 24.1 Å². The van der Waals surface area contributed by atoms with Gasteiger partial charge in [0.25, 0.3) is 0 Å². The van der Waals surface area contributed by atoms with Crippen molar-refractivity contribution < 1.29 is 13.2 Å². The third-order valence-electron chi connectivity index (χ3n) is 3.15. The second kappa shape index (κ2) is 7.09. The molecule has 5 heteroatoms. The van der Waals surface area contributed by atoms with Gasteiger partial charge in [-0.1, -0.05) is 28.9 Å². The molecule has 0 amide bonds.